The van der Waals surface area contributed by atoms with Crippen molar-refractivity contribution in [2.75, 3.05) is 4.31 Å². The third kappa shape index (κ3) is 7.16. The van der Waals surface area contributed by atoms with Crippen LogP contribution in [0, 0.1) is 19.7 Å². The average Bonchev–Trinajstić information content (AvgIpc) is 2.76. The maximum atomic E-state index is 15.0. The summed E-state index contributed by atoms with van der Waals surface area (Å²) in [5, 5.41) is 3.53. The highest BCUT2D eigenvalue weighted by Gasteiger charge is 2.26. The van der Waals surface area contributed by atoms with Gasteiger partial charge in [-0.1, -0.05) is 75.7 Å². The molecule has 4 heteroatoms. The molecule has 0 aliphatic heterocycles. The molecule has 32 heavy (non-hydrogen) atoms. The second-order valence-corrected chi connectivity index (χ2v) is 10.9. The average molecular weight is 459 g/mol. The van der Waals surface area contributed by atoms with Crippen molar-refractivity contribution < 1.29 is 4.39 Å². The summed E-state index contributed by atoms with van der Waals surface area (Å²) in [5.74, 6) is 8.76. The maximum Gasteiger partial charge on any atom is 0.147 e. The van der Waals surface area contributed by atoms with Crippen molar-refractivity contribution in [2.45, 2.75) is 84.7 Å². The monoisotopic (exact) mass is 458 g/mol. The van der Waals surface area contributed by atoms with Gasteiger partial charge in [-0.15, -0.1) is 9.39 Å². The zero-order valence-electron chi connectivity index (χ0n) is 21.2. The summed E-state index contributed by atoms with van der Waals surface area (Å²) in [6, 6.07) is 13.5. The lowest BCUT2D eigenvalue weighted by atomic mass is 10.1. The second kappa shape index (κ2) is 12.7. The zero-order valence-corrected chi connectivity index (χ0v) is 22.0. The summed E-state index contributed by atoms with van der Waals surface area (Å²) in [7, 11) is -2.01. The van der Waals surface area contributed by atoms with Gasteiger partial charge in [0.15, 0.2) is 0 Å². The van der Waals surface area contributed by atoms with Crippen molar-refractivity contribution in [3.63, 3.8) is 0 Å². The standard InChI is InChI=1S/C26H37FN2S.C2H6/c1-9-10-11-21(4)28-22(5)23(6)29(26-18-20(3)14-17-25(26)27)30(7,8)24-15-12-19(2)13-16-24;1-2/h12-18,21,23,28H,5,7-11H2,1-4,6H3;1-2H3. The summed E-state index contributed by atoms with van der Waals surface area (Å²) < 4.78 is 17.1. The number of aryl methyl sites for hydroxylation is 2. The molecular weight excluding hydrogens is 415 g/mol. The van der Waals surface area contributed by atoms with E-state index in [0.717, 1.165) is 35.4 Å². The Kier molecular flexibility index (Phi) is 11.1. The molecule has 0 heterocycles. The number of benzene rings is 2. The summed E-state index contributed by atoms with van der Waals surface area (Å²) >= 11 is 0. The van der Waals surface area contributed by atoms with Crippen molar-refractivity contribution in [1.82, 2.24) is 5.32 Å². The lowest BCUT2D eigenvalue weighted by molar-refractivity contribution is 0.523. The van der Waals surface area contributed by atoms with Crippen molar-refractivity contribution in [3.05, 3.63) is 71.7 Å². The van der Waals surface area contributed by atoms with Gasteiger partial charge >= 0.3 is 0 Å². The van der Waals surface area contributed by atoms with E-state index in [-0.39, 0.29) is 11.9 Å². The lowest BCUT2D eigenvalue weighted by Gasteiger charge is -2.40. The number of halogens is 1. The highest BCUT2D eigenvalue weighted by atomic mass is 32.2. The van der Waals surface area contributed by atoms with Gasteiger partial charge in [-0.2, -0.15) is 0 Å². The van der Waals surface area contributed by atoms with Crippen LogP contribution in [-0.4, -0.2) is 23.8 Å². The van der Waals surface area contributed by atoms with E-state index in [0.29, 0.717) is 11.7 Å². The van der Waals surface area contributed by atoms with Crippen LogP contribution in [0.5, 0.6) is 0 Å². The zero-order chi connectivity index (χ0) is 24.5. The molecule has 0 fully saturated rings. The molecule has 1 N–H and O–H groups in total. The number of unbranched alkanes of at least 4 members (excludes halogenated alkanes) is 1. The number of hydrogen-bond donors (Lipinski definition) is 1. The molecule has 0 bridgehead atoms. The summed E-state index contributed by atoms with van der Waals surface area (Å²) in [6.07, 6.45) is 3.40. The molecule has 0 saturated carbocycles. The van der Waals surface area contributed by atoms with E-state index >= 15 is 4.39 Å². The highest BCUT2D eigenvalue weighted by Crippen LogP contribution is 2.43. The molecule has 2 rings (SSSR count). The number of hydrogen-bond acceptors (Lipinski definition) is 2. The van der Waals surface area contributed by atoms with Crippen LogP contribution in [0.4, 0.5) is 10.1 Å². The molecule has 2 unspecified atom stereocenters. The molecule has 2 atom stereocenters. The summed E-state index contributed by atoms with van der Waals surface area (Å²) in [5.41, 5.74) is 3.55. The first-order chi connectivity index (χ1) is 15.1. The largest absolute Gasteiger partial charge is 0.385 e. The molecule has 0 radical (unpaired) electrons. The van der Waals surface area contributed by atoms with Crippen molar-refractivity contribution in [2.24, 2.45) is 0 Å². The Bertz CT molecular complexity index is 961. The molecule has 0 saturated heterocycles. The molecule has 0 aliphatic rings. The van der Waals surface area contributed by atoms with Crippen LogP contribution in [0.25, 0.3) is 0 Å². The van der Waals surface area contributed by atoms with E-state index in [1.54, 1.807) is 6.07 Å². The van der Waals surface area contributed by atoms with Crippen molar-refractivity contribution >= 4 is 26.8 Å². The predicted octanol–water partition coefficient (Wildman–Crippen LogP) is 7.99. The van der Waals surface area contributed by atoms with E-state index in [9.17, 15) is 0 Å². The van der Waals surface area contributed by atoms with Gasteiger partial charge in [-0.25, -0.2) is 4.39 Å². The lowest BCUT2D eigenvalue weighted by Crippen LogP contribution is -2.39. The third-order valence-electron chi connectivity index (χ3n) is 5.45. The van der Waals surface area contributed by atoms with Crippen LogP contribution in [-0.2, 0) is 0 Å². The Morgan fingerprint density at radius 3 is 2.16 bits per heavy atom. The topological polar surface area (TPSA) is 15.3 Å². The van der Waals surface area contributed by atoms with Gasteiger partial charge in [-0.3, -0.25) is 0 Å². The minimum absolute atomic E-state index is 0.184. The Balaban J connectivity index is 0.00000249. The second-order valence-electron chi connectivity index (χ2n) is 8.32. The van der Waals surface area contributed by atoms with E-state index < -0.39 is 9.39 Å². The van der Waals surface area contributed by atoms with Crippen LogP contribution in [0.3, 0.4) is 0 Å². The van der Waals surface area contributed by atoms with E-state index in [4.69, 9.17) is 0 Å². The Labute approximate surface area is 197 Å². The van der Waals surface area contributed by atoms with Crippen molar-refractivity contribution in [3.8, 4) is 0 Å². The van der Waals surface area contributed by atoms with Gasteiger partial charge in [0.1, 0.15) is 5.82 Å². The maximum absolute atomic E-state index is 15.0. The predicted molar refractivity (Wildman–Crippen MR) is 147 cm³/mol. The molecule has 2 nitrogen and oxygen atoms in total. The molecule has 0 aliphatic carbocycles. The molecule has 0 aromatic heterocycles. The van der Waals surface area contributed by atoms with Gasteiger partial charge in [0.2, 0.25) is 0 Å². The Morgan fingerprint density at radius 1 is 1.03 bits per heavy atom. The first-order valence-electron chi connectivity index (χ1n) is 11.6. The first kappa shape index (κ1) is 27.8. The fraction of sp³-hybridized carbons (Fsp3) is 0.429. The van der Waals surface area contributed by atoms with Gasteiger partial charge in [0, 0.05) is 16.6 Å². The number of rotatable bonds is 10. The fourth-order valence-corrected chi connectivity index (χ4v) is 5.68. The van der Waals surface area contributed by atoms with Gasteiger partial charge < -0.3 is 9.62 Å². The van der Waals surface area contributed by atoms with Gasteiger partial charge in [-0.05, 0) is 63.9 Å². The number of nitrogens with one attached hydrogen (secondary N) is 1. The Morgan fingerprint density at radius 2 is 1.59 bits per heavy atom. The minimum Gasteiger partial charge on any atom is -0.385 e. The molecule has 0 spiro atoms. The third-order valence-corrected chi connectivity index (χ3v) is 7.87. The van der Waals surface area contributed by atoms with E-state index in [2.05, 4.69) is 75.6 Å². The summed E-state index contributed by atoms with van der Waals surface area (Å²) in [6.45, 7) is 18.7. The highest BCUT2D eigenvalue weighted by molar-refractivity contribution is 8.28. The van der Waals surface area contributed by atoms with Crippen LogP contribution in [0.15, 0.2) is 59.6 Å². The number of nitrogens with zero attached hydrogens (tertiary/aromatic N) is 1. The normalized spacial score (nSPS) is 12.9. The van der Waals surface area contributed by atoms with Crippen molar-refractivity contribution in [1.29, 1.82) is 0 Å². The quantitative estimate of drug-likeness (QED) is 0.363. The molecule has 2 aromatic carbocycles. The minimum atomic E-state index is -2.01. The van der Waals surface area contributed by atoms with E-state index in [1.807, 2.05) is 31.1 Å². The molecular formula is C28H43FN2S. The molecule has 0 amide bonds. The van der Waals surface area contributed by atoms with Gasteiger partial charge in [0.25, 0.3) is 0 Å². The molecule has 2 aromatic rings. The van der Waals surface area contributed by atoms with Crippen LogP contribution in [0.2, 0.25) is 0 Å². The first-order valence-corrected chi connectivity index (χ1v) is 13.6. The van der Waals surface area contributed by atoms with E-state index in [1.165, 1.54) is 11.6 Å². The van der Waals surface area contributed by atoms with Crippen LogP contribution in [0.1, 0.15) is 65.0 Å². The van der Waals surface area contributed by atoms with Crippen LogP contribution < -0.4 is 9.62 Å². The smallest absolute Gasteiger partial charge is 0.147 e. The molecule has 178 valence electrons. The summed E-state index contributed by atoms with van der Waals surface area (Å²) in [4.78, 5) is 1.01. The van der Waals surface area contributed by atoms with Crippen LogP contribution >= 0.6 is 9.39 Å². The fourth-order valence-electron chi connectivity index (χ4n) is 3.56. The number of anilines is 1. The SMILES string of the molecule is C=C(NC(C)CCCC)C(C)N(c1cc(C)ccc1F)S(=C)(=C)c1ccc(C)cc1.CC. The van der Waals surface area contributed by atoms with Gasteiger partial charge in [0.05, 0.1) is 11.7 Å². The Hall–Kier alpha value is -2.20.